The molecule has 1 rings (SSSR count). The molecule has 0 aromatic heterocycles. The first-order chi connectivity index (χ1) is 9.88. The topological polar surface area (TPSA) is 78.4 Å². The predicted octanol–water partition coefficient (Wildman–Crippen LogP) is 3.43. The first kappa shape index (κ1) is 17.0. The van der Waals surface area contributed by atoms with E-state index in [2.05, 4.69) is 24.5 Å². The molecule has 0 aliphatic heterocycles. The summed E-state index contributed by atoms with van der Waals surface area (Å²) in [6.45, 7) is 6.74. The van der Waals surface area contributed by atoms with Gasteiger partial charge in [-0.05, 0) is 36.0 Å². The first-order valence-corrected chi connectivity index (χ1v) is 7.25. The fourth-order valence-electron chi connectivity index (χ4n) is 1.92. The van der Waals surface area contributed by atoms with Crippen LogP contribution in [0.2, 0.25) is 0 Å². The second-order valence-corrected chi connectivity index (χ2v) is 5.68. The largest absolute Gasteiger partial charge is 0.481 e. The van der Waals surface area contributed by atoms with Crippen molar-refractivity contribution >= 4 is 17.7 Å². The van der Waals surface area contributed by atoms with E-state index in [1.807, 2.05) is 19.1 Å². The maximum atomic E-state index is 11.7. The van der Waals surface area contributed by atoms with Gasteiger partial charge < -0.3 is 15.7 Å². The summed E-state index contributed by atoms with van der Waals surface area (Å²) < 4.78 is 0. The van der Waals surface area contributed by atoms with E-state index in [1.54, 1.807) is 12.1 Å². The smallest absolute Gasteiger partial charge is 0.319 e. The van der Waals surface area contributed by atoms with Crippen molar-refractivity contribution in [3.63, 3.8) is 0 Å². The lowest BCUT2D eigenvalue weighted by molar-refractivity contribution is -0.137. The zero-order chi connectivity index (χ0) is 15.8. The van der Waals surface area contributed by atoms with Crippen LogP contribution < -0.4 is 10.6 Å². The summed E-state index contributed by atoms with van der Waals surface area (Å²) in [5, 5.41) is 14.3. The van der Waals surface area contributed by atoms with Crippen LogP contribution in [0.5, 0.6) is 0 Å². The first-order valence-electron chi connectivity index (χ1n) is 7.25. The van der Waals surface area contributed by atoms with Crippen LogP contribution in [0.1, 0.15) is 45.1 Å². The Morgan fingerprint density at radius 2 is 1.76 bits per heavy atom. The van der Waals surface area contributed by atoms with Gasteiger partial charge in [-0.15, -0.1) is 0 Å². The average Bonchev–Trinajstić information content (AvgIpc) is 2.38. The Labute approximate surface area is 125 Å². The Morgan fingerprint density at radius 1 is 1.14 bits per heavy atom. The van der Waals surface area contributed by atoms with Gasteiger partial charge >= 0.3 is 12.0 Å². The summed E-state index contributed by atoms with van der Waals surface area (Å²) in [7, 11) is 0. The fourth-order valence-corrected chi connectivity index (χ4v) is 1.92. The number of hydrogen-bond acceptors (Lipinski definition) is 2. The molecule has 3 N–H and O–H groups in total. The van der Waals surface area contributed by atoms with E-state index >= 15 is 0 Å². The number of amides is 2. The van der Waals surface area contributed by atoms with Gasteiger partial charge in [-0.2, -0.15) is 0 Å². The van der Waals surface area contributed by atoms with E-state index in [4.69, 9.17) is 5.11 Å². The van der Waals surface area contributed by atoms with Gasteiger partial charge in [0.25, 0.3) is 0 Å². The Hall–Kier alpha value is -2.04. The monoisotopic (exact) mass is 292 g/mol. The number of carboxylic acids is 1. The third kappa shape index (κ3) is 6.79. The third-order valence-corrected chi connectivity index (χ3v) is 3.23. The normalized spacial score (nSPS) is 12.0. The molecule has 1 atom stereocenters. The van der Waals surface area contributed by atoms with Crippen molar-refractivity contribution in [2.24, 2.45) is 5.92 Å². The Morgan fingerprint density at radius 3 is 2.29 bits per heavy atom. The van der Waals surface area contributed by atoms with Gasteiger partial charge in [-0.3, -0.25) is 4.79 Å². The molecule has 0 aliphatic rings. The Kier molecular flexibility index (Phi) is 6.72. The lowest BCUT2D eigenvalue weighted by Crippen LogP contribution is -2.30. The van der Waals surface area contributed by atoms with Crippen LogP contribution in [0.3, 0.4) is 0 Å². The molecule has 21 heavy (non-hydrogen) atoms. The van der Waals surface area contributed by atoms with E-state index in [0.29, 0.717) is 18.2 Å². The van der Waals surface area contributed by atoms with Crippen LogP contribution in [0, 0.1) is 5.92 Å². The number of carbonyl (C=O) groups excluding carboxylic acids is 1. The number of anilines is 1. The molecule has 0 spiro atoms. The van der Waals surface area contributed by atoms with Crippen molar-refractivity contribution in [1.29, 1.82) is 0 Å². The minimum absolute atomic E-state index is 0.0450. The predicted molar refractivity (Wildman–Crippen MR) is 83.6 cm³/mol. The van der Waals surface area contributed by atoms with E-state index in [9.17, 15) is 9.59 Å². The summed E-state index contributed by atoms with van der Waals surface area (Å²) in [6, 6.07) is 7.04. The van der Waals surface area contributed by atoms with Gasteiger partial charge in [-0.1, -0.05) is 32.9 Å². The summed E-state index contributed by atoms with van der Waals surface area (Å²) >= 11 is 0. The van der Waals surface area contributed by atoms with E-state index in [1.165, 1.54) is 0 Å². The molecule has 1 aromatic carbocycles. The van der Waals surface area contributed by atoms with Gasteiger partial charge in [0.15, 0.2) is 0 Å². The molecule has 2 amide bonds. The molecule has 0 aliphatic carbocycles. The fraction of sp³-hybridized carbons (Fsp3) is 0.500. The maximum Gasteiger partial charge on any atom is 0.319 e. The van der Waals surface area contributed by atoms with E-state index < -0.39 is 5.97 Å². The summed E-state index contributed by atoms with van der Waals surface area (Å²) in [4.78, 5) is 22.3. The van der Waals surface area contributed by atoms with Crippen LogP contribution in [0.4, 0.5) is 10.5 Å². The highest BCUT2D eigenvalue weighted by Gasteiger charge is 2.10. The molecule has 0 heterocycles. The summed E-state index contributed by atoms with van der Waals surface area (Å²) in [5.41, 5.74) is 1.64. The van der Waals surface area contributed by atoms with Crippen LogP contribution in [-0.2, 0) is 4.79 Å². The van der Waals surface area contributed by atoms with Crippen molar-refractivity contribution in [2.75, 3.05) is 11.9 Å². The molecular weight excluding hydrogens is 268 g/mol. The van der Waals surface area contributed by atoms with Crippen LogP contribution in [0.25, 0.3) is 0 Å². The van der Waals surface area contributed by atoms with Crippen molar-refractivity contribution in [1.82, 2.24) is 5.32 Å². The highest BCUT2D eigenvalue weighted by Crippen LogP contribution is 2.20. The van der Waals surface area contributed by atoms with Crippen LogP contribution in [-0.4, -0.2) is 23.7 Å². The molecule has 1 unspecified atom stereocenters. The molecule has 5 nitrogen and oxygen atoms in total. The summed E-state index contributed by atoms with van der Waals surface area (Å²) in [6.07, 6.45) is 1.04. The second kappa shape index (κ2) is 8.29. The zero-order valence-electron chi connectivity index (χ0n) is 12.8. The molecule has 1 aromatic rings. The van der Waals surface area contributed by atoms with Gasteiger partial charge in [0.2, 0.25) is 0 Å². The number of carboxylic acid groups (broad SMARTS) is 1. The lowest BCUT2D eigenvalue weighted by atomic mass is 9.98. The molecule has 0 saturated carbocycles. The number of benzene rings is 1. The van der Waals surface area contributed by atoms with Crippen molar-refractivity contribution in [2.45, 2.75) is 39.5 Å². The molecule has 0 saturated heterocycles. The highest BCUT2D eigenvalue weighted by molar-refractivity contribution is 5.89. The van der Waals surface area contributed by atoms with Crippen molar-refractivity contribution in [3.8, 4) is 0 Å². The van der Waals surface area contributed by atoms with E-state index in [-0.39, 0.29) is 18.4 Å². The minimum Gasteiger partial charge on any atom is -0.481 e. The number of aliphatic carboxylic acids is 1. The lowest BCUT2D eigenvalue weighted by Gasteiger charge is -2.11. The Balaban J connectivity index is 2.47. The number of nitrogens with one attached hydrogen (secondary N) is 2. The van der Waals surface area contributed by atoms with Gasteiger partial charge in [-0.25, -0.2) is 4.79 Å². The summed E-state index contributed by atoms with van der Waals surface area (Å²) in [5.74, 6) is -0.300. The van der Waals surface area contributed by atoms with Crippen molar-refractivity contribution in [3.05, 3.63) is 29.8 Å². The van der Waals surface area contributed by atoms with Crippen LogP contribution >= 0.6 is 0 Å². The number of carbonyl (C=O) groups is 2. The third-order valence-electron chi connectivity index (χ3n) is 3.23. The molecule has 0 radical (unpaired) electrons. The molecule has 0 fully saturated rings. The van der Waals surface area contributed by atoms with Gasteiger partial charge in [0, 0.05) is 12.2 Å². The zero-order valence-corrected chi connectivity index (χ0v) is 12.8. The molecular formula is C16H24N2O3. The number of urea groups is 1. The SMILES string of the molecule is CC(C)CCNC(=O)Nc1ccc(C(C)CC(=O)O)cc1. The van der Waals surface area contributed by atoms with Crippen molar-refractivity contribution < 1.29 is 14.7 Å². The number of rotatable bonds is 7. The van der Waals surface area contributed by atoms with Gasteiger partial charge in [0.05, 0.1) is 6.42 Å². The second-order valence-electron chi connectivity index (χ2n) is 5.68. The Bertz CT molecular complexity index is 469. The standard InChI is InChI=1S/C16H24N2O3/c1-11(2)8-9-17-16(21)18-14-6-4-13(5-7-14)12(3)10-15(19)20/h4-7,11-12H,8-10H2,1-3H3,(H,19,20)(H2,17,18,21). The molecule has 5 heteroatoms. The number of hydrogen-bond donors (Lipinski definition) is 3. The highest BCUT2D eigenvalue weighted by atomic mass is 16.4. The average molecular weight is 292 g/mol. The quantitative estimate of drug-likeness (QED) is 0.720. The minimum atomic E-state index is -0.811. The van der Waals surface area contributed by atoms with Crippen LogP contribution in [0.15, 0.2) is 24.3 Å². The molecule has 0 bridgehead atoms. The van der Waals surface area contributed by atoms with Gasteiger partial charge in [0.1, 0.15) is 0 Å². The van der Waals surface area contributed by atoms with E-state index in [0.717, 1.165) is 12.0 Å². The molecule has 116 valence electrons. The maximum absolute atomic E-state index is 11.7.